The van der Waals surface area contributed by atoms with Crippen molar-refractivity contribution in [2.45, 2.75) is 45.2 Å². The van der Waals surface area contributed by atoms with Crippen molar-refractivity contribution in [3.63, 3.8) is 0 Å². The number of carboxylic acids is 1. The van der Waals surface area contributed by atoms with E-state index in [9.17, 15) is 4.79 Å². The Bertz CT molecular complexity index is 637. The van der Waals surface area contributed by atoms with E-state index in [1.165, 1.54) is 11.8 Å². The largest absolute Gasteiger partial charge is 0.481 e. The molecule has 5 nitrogen and oxygen atoms in total. The van der Waals surface area contributed by atoms with Crippen LogP contribution in [0.4, 0.5) is 0 Å². The fraction of sp³-hybridized carbons (Fsp3) is 0.500. The van der Waals surface area contributed by atoms with Crippen LogP contribution in [-0.4, -0.2) is 31.6 Å². The van der Waals surface area contributed by atoms with Gasteiger partial charge in [0.15, 0.2) is 5.65 Å². The Labute approximate surface area is 122 Å². The van der Waals surface area contributed by atoms with Gasteiger partial charge in [-0.15, -0.1) is 0 Å². The molecule has 0 aliphatic rings. The number of nitrogens with zero attached hydrogens (tertiary/aromatic N) is 3. The third-order valence-corrected chi connectivity index (χ3v) is 4.10. The van der Waals surface area contributed by atoms with E-state index in [0.29, 0.717) is 5.65 Å². The van der Waals surface area contributed by atoms with Gasteiger partial charge >= 0.3 is 5.97 Å². The van der Waals surface area contributed by atoms with Crippen LogP contribution >= 0.6 is 11.8 Å². The molecule has 6 heteroatoms. The molecule has 0 aromatic carbocycles. The highest BCUT2D eigenvalue weighted by Crippen LogP contribution is 2.25. The molecule has 0 aliphatic carbocycles. The maximum atomic E-state index is 10.6. The number of aromatic nitrogens is 3. The van der Waals surface area contributed by atoms with Crippen molar-refractivity contribution in [1.29, 1.82) is 0 Å². The summed E-state index contributed by atoms with van der Waals surface area (Å²) in [6.07, 6.45) is 2.22. The summed E-state index contributed by atoms with van der Waals surface area (Å²) in [5.74, 6) is -0.813. The van der Waals surface area contributed by atoms with Gasteiger partial charge in [0, 0.05) is 17.6 Å². The van der Waals surface area contributed by atoms with Crippen LogP contribution in [0.25, 0.3) is 11.0 Å². The minimum atomic E-state index is -0.834. The van der Waals surface area contributed by atoms with Gasteiger partial charge in [-0.05, 0) is 31.9 Å². The lowest BCUT2D eigenvalue weighted by molar-refractivity contribution is -0.133. The Kier molecular flexibility index (Phi) is 4.65. The van der Waals surface area contributed by atoms with Crippen molar-refractivity contribution in [2.75, 3.05) is 5.75 Å². The lowest BCUT2D eigenvalue weighted by atomic mass is 10.2. The highest BCUT2D eigenvalue weighted by atomic mass is 32.2. The first-order valence-corrected chi connectivity index (χ1v) is 7.70. The maximum Gasteiger partial charge on any atom is 0.313 e. The standard InChI is InChI=1S/C14H19N3O2S/c1-4-5-6-17-10(3)13-9(2)7-11(15-14(13)16-17)20-8-12(18)19/h7H,4-6,8H2,1-3H3,(H,18,19). The Morgan fingerprint density at radius 3 is 2.85 bits per heavy atom. The van der Waals surface area contributed by atoms with E-state index < -0.39 is 5.97 Å². The Hall–Kier alpha value is -1.56. The molecule has 20 heavy (non-hydrogen) atoms. The number of unbranched alkanes of at least 4 members (excludes halogenated alkanes) is 1. The predicted molar refractivity (Wildman–Crippen MR) is 80.3 cm³/mol. The average Bonchev–Trinajstić information content (AvgIpc) is 2.71. The normalized spacial score (nSPS) is 11.2. The minimum absolute atomic E-state index is 0.0213. The van der Waals surface area contributed by atoms with Crippen molar-refractivity contribution < 1.29 is 9.90 Å². The van der Waals surface area contributed by atoms with E-state index in [1.54, 1.807) is 0 Å². The molecule has 0 saturated carbocycles. The molecule has 0 unspecified atom stereocenters. The van der Waals surface area contributed by atoms with E-state index in [0.717, 1.165) is 41.1 Å². The zero-order valence-corrected chi connectivity index (χ0v) is 12.8. The average molecular weight is 293 g/mol. The van der Waals surface area contributed by atoms with Crippen LogP contribution in [0.5, 0.6) is 0 Å². The molecular weight excluding hydrogens is 274 g/mol. The monoisotopic (exact) mass is 293 g/mol. The van der Waals surface area contributed by atoms with Gasteiger partial charge in [-0.2, -0.15) is 5.10 Å². The third kappa shape index (κ3) is 3.12. The number of aliphatic carboxylic acids is 1. The fourth-order valence-electron chi connectivity index (χ4n) is 2.20. The molecule has 0 radical (unpaired) electrons. The van der Waals surface area contributed by atoms with Crippen molar-refractivity contribution in [2.24, 2.45) is 0 Å². The second kappa shape index (κ2) is 6.26. The molecule has 0 saturated heterocycles. The molecule has 0 bridgehead atoms. The van der Waals surface area contributed by atoms with Crippen molar-refractivity contribution in [1.82, 2.24) is 14.8 Å². The van der Waals surface area contributed by atoms with Crippen LogP contribution in [0.3, 0.4) is 0 Å². The number of carboxylic acid groups (broad SMARTS) is 1. The smallest absolute Gasteiger partial charge is 0.313 e. The minimum Gasteiger partial charge on any atom is -0.481 e. The summed E-state index contributed by atoms with van der Waals surface area (Å²) in [5, 5.41) is 15.1. The number of thioether (sulfide) groups is 1. The molecule has 0 fully saturated rings. The van der Waals surface area contributed by atoms with Gasteiger partial charge in [0.2, 0.25) is 0 Å². The molecule has 1 N–H and O–H groups in total. The van der Waals surface area contributed by atoms with Gasteiger partial charge in [0.1, 0.15) is 0 Å². The van der Waals surface area contributed by atoms with E-state index in [1.807, 2.05) is 17.7 Å². The fourth-order valence-corrected chi connectivity index (χ4v) is 2.88. The SMILES string of the molecule is CCCCn1nc2nc(SCC(=O)O)cc(C)c2c1C. The first-order chi connectivity index (χ1) is 9.52. The van der Waals surface area contributed by atoms with E-state index in [2.05, 4.69) is 23.9 Å². The Morgan fingerprint density at radius 1 is 1.45 bits per heavy atom. The van der Waals surface area contributed by atoms with Gasteiger partial charge in [0.25, 0.3) is 0 Å². The molecule has 0 atom stereocenters. The van der Waals surface area contributed by atoms with Crippen LogP contribution in [0.1, 0.15) is 31.0 Å². The maximum absolute atomic E-state index is 10.6. The Morgan fingerprint density at radius 2 is 2.20 bits per heavy atom. The van der Waals surface area contributed by atoms with Gasteiger partial charge < -0.3 is 5.11 Å². The second-order valence-corrected chi connectivity index (χ2v) is 5.82. The molecule has 0 aliphatic heterocycles. The topological polar surface area (TPSA) is 68.0 Å². The summed E-state index contributed by atoms with van der Waals surface area (Å²) < 4.78 is 2.00. The lowest BCUT2D eigenvalue weighted by Gasteiger charge is -2.03. The van der Waals surface area contributed by atoms with Gasteiger partial charge in [-0.25, -0.2) is 4.98 Å². The quantitative estimate of drug-likeness (QED) is 0.829. The van der Waals surface area contributed by atoms with Crippen LogP contribution in [-0.2, 0) is 11.3 Å². The van der Waals surface area contributed by atoms with Gasteiger partial charge in [-0.3, -0.25) is 9.48 Å². The molecule has 2 aromatic heterocycles. The number of hydrogen-bond donors (Lipinski definition) is 1. The first-order valence-electron chi connectivity index (χ1n) is 6.72. The molecule has 2 rings (SSSR count). The van der Waals surface area contributed by atoms with Crippen LogP contribution in [0.15, 0.2) is 11.1 Å². The summed E-state index contributed by atoms with van der Waals surface area (Å²) >= 11 is 1.23. The van der Waals surface area contributed by atoms with Crippen LogP contribution in [0.2, 0.25) is 0 Å². The van der Waals surface area contributed by atoms with E-state index in [-0.39, 0.29) is 5.75 Å². The van der Waals surface area contributed by atoms with Crippen molar-refractivity contribution in [3.8, 4) is 0 Å². The summed E-state index contributed by atoms with van der Waals surface area (Å²) in [5.41, 5.74) is 2.95. The summed E-state index contributed by atoms with van der Waals surface area (Å²) in [6, 6.07) is 1.94. The zero-order valence-electron chi connectivity index (χ0n) is 12.0. The molecule has 0 amide bonds. The van der Waals surface area contributed by atoms with Gasteiger partial charge in [0.05, 0.1) is 10.8 Å². The van der Waals surface area contributed by atoms with Crippen molar-refractivity contribution in [3.05, 3.63) is 17.3 Å². The molecule has 2 heterocycles. The molecule has 2 aromatic rings. The number of hydrogen-bond acceptors (Lipinski definition) is 4. The third-order valence-electron chi connectivity index (χ3n) is 3.21. The molecule has 0 spiro atoms. The van der Waals surface area contributed by atoms with E-state index in [4.69, 9.17) is 5.11 Å². The van der Waals surface area contributed by atoms with Crippen LogP contribution in [0, 0.1) is 13.8 Å². The first kappa shape index (κ1) is 14.8. The summed E-state index contributed by atoms with van der Waals surface area (Å²) in [7, 11) is 0. The molecular formula is C14H19N3O2S. The van der Waals surface area contributed by atoms with Gasteiger partial charge in [-0.1, -0.05) is 25.1 Å². The predicted octanol–water partition coefficient (Wildman–Crippen LogP) is 3.02. The molecule has 108 valence electrons. The summed E-state index contributed by atoms with van der Waals surface area (Å²) in [4.78, 5) is 15.1. The van der Waals surface area contributed by atoms with Crippen LogP contribution < -0.4 is 0 Å². The number of pyridine rings is 1. The number of carbonyl (C=O) groups is 1. The van der Waals surface area contributed by atoms with E-state index >= 15 is 0 Å². The second-order valence-electron chi connectivity index (χ2n) is 4.82. The number of rotatable bonds is 6. The highest BCUT2D eigenvalue weighted by Gasteiger charge is 2.13. The number of fused-ring (bicyclic) bond motifs is 1. The van der Waals surface area contributed by atoms with Crippen molar-refractivity contribution >= 4 is 28.8 Å². The zero-order chi connectivity index (χ0) is 14.7. The number of aryl methyl sites for hydroxylation is 3. The Balaban J connectivity index is 2.36. The highest BCUT2D eigenvalue weighted by molar-refractivity contribution is 7.99. The summed E-state index contributed by atoms with van der Waals surface area (Å²) in [6.45, 7) is 7.13. The lowest BCUT2D eigenvalue weighted by Crippen LogP contribution is -2.01.